The van der Waals surface area contributed by atoms with Gasteiger partial charge in [0.25, 0.3) is 0 Å². The summed E-state index contributed by atoms with van der Waals surface area (Å²) in [5.41, 5.74) is 2.53. The molecule has 0 bridgehead atoms. The summed E-state index contributed by atoms with van der Waals surface area (Å²) in [6.07, 6.45) is 5.00. The van der Waals surface area contributed by atoms with Crippen molar-refractivity contribution in [1.29, 1.82) is 0 Å². The molecule has 0 aromatic heterocycles. The average Bonchev–Trinajstić information content (AvgIpc) is 2.21. The molecule has 0 aliphatic heterocycles. The molecule has 0 unspecified atom stereocenters. The van der Waals surface area contributed by atoms with Crippen LogP contribution in [0.5, 0.6) is 0 Å². The Bertz CT molecular complexity index is 337. The molecule has 1 saturated carbocycles. The van der Waals surface area contributed by atoms with E-state index >= 15 is 0 Å². The summed E-state index contributed by atoms with van der Waals surface area (Å²) in [5.74, 6) is 0. The lowest BCUT2D eigenvalue weighted by Crippen LogP contribution is -2.45. The zero-order valence-corrected chi connectivity index (χ0v) is 13.5. The standard InChI is InChI=1S/C15H28O2Si/c1-12-7-8-13(9-10-16)11-14(12)17-18(5,6)15(2,3)4/h9,14,16H,1,7-8,10-11H2,2-6H3/b13-9+/t14-/m1/s1. The van der Waals surface area contributed by atoms with Gasteiger partial charge in [-0.3, -0.25) is 0 Å². The van der Waals surface area contributed by atoms with E-state index in [4.69, 9.17) is 9.53 Å². The van der Waals surface area contributed by atoms with E-state index < -0.39 is 8.32 Å². The van der Waals surface area contributed by atoms with E-state index in [0.717, 1.165) is 19.3 Å². The van der Waals surface area contributed by atoms with Crippen LogP contribution in [0.4, 0.5) is 0 Å². The van der Waals surface area contributed by atoms with Crippen molar-refractivity contribution in [2.24, 2.45) is 0 Å². The Morgan fingerprint density at radius 3 is 2.50 bits per heavy atom. The molecule has 1 atom stereocenters. The van der Waals surface area contributed by atoms with Gasteiger partial charge in [0.05, 0.1) is 12.7 Å². The molecule has 1 rings (SSSR count). The van der Waals surface area contributed by atoms with Crippen molar-refractivity contribution in [3.05, 3.63) is 23.8 Å². The van der Waals surface area contributed by atoms with Crippen molar-refractivity contribution in [3.63, 3.8) is 0 Å². The monoisotopic (exact) mass is 268 g/mol. The Labute approximate surface area is 113 Å². The van der Waals surface area contributed by atoms with Crippen LogP contribution in [-0.4, -0.2) is 26.1 Å². The van der Waals surface area contributed by atoms with E-state index in [1.807, 2.05) is 6.08 Å². The number of rotatable bonds is 3. The first kappa shape index (κ1) is 15.7. The summed E-state index contributed by atoms with van der Waals surface area (Å²) < 4.78 is 6.45. The summed E-state index contributed by atoms with van der Waals surface area (Å²) in [4.78, 5) is 0. The molecule has 1 fully saturated rings. The van der Waals surface area contributed by atoms with Gasteiger partial charge >= 0.3 is 0 Å². The fourth-order valence-corrected chi connectivity index (χ4v) is 3.25. The Balaban J connectivity index is 2.76. The van der Waals surface area contributed by atoms with E-state index in [1.165, 1.54) is 11.1 Å². The zero-order valence-electron chi connectivity index (χ0n) is 12.5. The highest BCUT2D eigenvalue weighted by Crippen LogP contribution is 2.40. The minimum absolute atomic E-state index is 0.134. The van der Waals surface area contributed by atoms with E-state index in [9.17, 15) is 0 Å². The van der Waals surface area contributed by atoms with Crippen molar-refractivity contribution in [1.82, 2.24) is 0 Å². The SMILES string of the molecule is C=C1CC/C(=C\CO)C[C@H]1O[Si](C)(C)C(C)(C)C. The molecule has 0 aromatic rings. The van der Waals surface area contributed by atoms with Crippen molar-refractivity contribution in [3.8, 4) is 0 Å². The summed E-state index contributed by atoms with van der Waals surface area (Å²) in [6, 6.07) is 0. The molecule has 1 aliphatic rings. The van der Waals surface area contributed by atoms with Gasteiger partial charge < -0.3 is 9.53 Å². The minimum Gasteiger partial charge on any atom is -0.410 e. The predicted molar refractivity (Wildman–Crippen MR) is 80.2 cm³/mol. The maximum atomic E-state index is 9.00. The van der Waals surface area contributed by atoms with Gasteiger partial charge in [0.15, 0.2) is 8.32 Å². The van der Waals surface area contributed by atoms with Gasteiger partial charge in [-0.25, -0.2) is 0 Å². The maximum absolute atomic E-state index is 9.00. The van der Waals surface area contributed by atoms with Crippen LogP contribution in [0, 0.1) is 0 Å². The molecule has 0 heterocycles. The van der Waals surface area contributed by atoms with Gasteiger partial charge in [-0.05, 0) is 43.0 Å². The molecule has 0 radical (unpaired) electrons. The Hall–Kier alpha value is -0.383. The molecular formula is C15H28O2Si. The number of hydrogen-bond donors (Lipinski definition) is 1. The maximum Gasteiger partial charge on any atom is 0.192 e. The lowest BCUT2D eigenvalue weighted by molar-refractivity contribution is 0.200. The molecule has 104 valence electrons. The second-order valence-corrected chi connectivity index (χ2v) is 11.5. The van der Waals surface area contributed by atoms with Crippen LogP contribution in [-0.2, 0) is 4.43 Å². The average molecular weight is 268 g/mol. The summed E-state index contributed by atoms with van der Waals surface area (Å²) in [6.45, 7) is 15.6. The third-order valence-electron chi connectivity index (χ3n) is 4.29. The third-order valence-corrected chi connectivity index (χ3v) is 8.78. The lowest BCUT2D eigenvalue weighted by Gasteiger charge is -2.41. The first-order valence-electron chi connectivity index (χ1n) is 6.81. The van der Waals surface area contributed by atoms with Crippen LogP contribution in [0.3, 0.4) is 0 Å². The highest BCUT2D eigenvalue weighted by atomic mass is 28.4. The molecule has 1 N–H and O–H groups in total. The molecule has 0 saturated heterocycles. The van der Waals surface area contributed by atoms with Crippen LogP contribution < -0.4 is 0 Å². The smallest absolute Gasteiger partial charge is 0.192 e. The molecule has 2 nitrogen and oxygen atoms in total. The van der Waals surface area contributed by atoms with Crippen molar-refractivity contribution >= 4 is 8.32 Å². The Morgan fingerprint density at radius 1 is 1.39 bits per heavy atom. The van der Waals surface area contributed by atoms with Crippen molar-refractivity contribution < 1.29 is 9.53 Å². The van der Waals surface area contributed by atoms with Gasteiger partial charge in [0.1, 0.15) is 0 Å². The summed E-state index contributed by atoms with van der Waals surface area (Å²) in [5, 5.41) is 9.23. The fourth-order valence-electron chi connectivity index (χ4n) is 1.94. The summed E-state index contributed by atoms with van der Waals surface area (Å²) >= 11 is 0. The molecule has 0 aromatic carbocycles. The van der Waals surface area contributed by atoms with Crippen LogP contribution in [0.2, 0.25) is 18.1 Å². The van der Waals surface area contributed by atoms with Gasteiger partial charge in [-0.2, -0.15) is 0 Å². The fraction of sp³-hybridized carbons (Fsp3) is 0.733. The molecule has 1 aliphatic carbocycles. The van der Waals surface area contributed by atoms with Crippen molar-refractivity contribution in [2.45, 2.75) is 64.3 Å². The molecule has 3 heteroatoms. The van der Waals surface area contributed by atoms with E-state index in [2.05, 4.69) is 40.4 Å². The van der Waals surface area contributed by atoms with Crippen LogP contribution in [0.25, 0.3) is 0 Å². The first-order chi connectivity index (χ1) is 8.17. The minimum atomic E-state index is -1.74. The van der Waals surface area contributed by atoms with Gasteiger partial charge in [0, 0.05) is 0 Å². The number of hydrogen-bond acceptors (Lipinski definition) is 2. The van der Waals surface area contributed by atoms with E-state index in [1.54, 1.807) is 0 Å². The first-order valence-corrected chi connectivity index (χ1v) is 9.72. The van der Waals surface area contributed by atoms with Gasteiger partial charge in [0.2, 0.25) is 0 Å². The quantitative estimate of drug-likeness (QED) is 0.618. The Morgan fingerprint density at radius 2 is 2.00 bits per heavy atom. The number of aliphatic hydroxyl groups is 1. The lowest BCUT2D eigenvalue weighted by atomic mass is 9.89. The highest BCUT2D eigenvalue weighted by Gasteiger charge is 2.40. The molecule has 0 amide bonds. The largest absolute Gasteiger partial charge is 0.410 e. The number of aliphatic hydroxyl groups excluding tert-OH is 1. The van der Waals surface area contributed by atoms with Gasteiger partial charge in [-0.15, -0.1) is 0 Å². The molecular weight excluding hydrogens is 240 g/mol. The van der Waals surface area contributed by atoms with Crippen LogP contribution >= 0.6 is 0 Å². The predicted octanol–water partition coefficient (Wildman–Crippen LogP) is 4.04. The van der Waals surface area contributed by atoms with Crippen LogP contribution in [0.1, 0.15) is 40.0 Å². The highest BCUT2D eigenvalue weighted by molar-refractivity contribution is 6.74. The second kappa shape index (κ2) is 5.72. The zero-order chi connectivity index (χ0) is 14.0. The van der Waals surface area contributed by atoms with Crippen LogP contribution in [0.15, 0.2) is 23.8 Å². The molecule has 0 spiro atoms. The molecule has 18 heavy (non-hydrogen) atoms. The topological polar surface area (TPSA) is 29.5 Å². The normalized spacial score (nSPS) is 24.7. The summed E-state index contributed by atoms with van der Waals surface area (Å²) in [7, 11) is -1.74. The van der Waals surface area contributed by atoms with Gasteiger partial charge in [-0.1, -0.05) is 39.0 Å². The second-order valence-electron chi connectivity index (χ2n) is 6.77. The Kier molecular flexibility index (Phi) is 4.98. The third kappa shape index (κ3) is 3.80. The van der Waals surface area contributed by atoms with Crippen molar-refractivity contribution in [2.75, 3.05) is 6.61 Å². The van der Waals surface area contributed by atoms with E-state index in [-0.39, 0.29) is 17.7 Å². The van der Waals surface area contributed by atoms with E-state index in [0.29, 0.717) is 0 Å².